The maximum Gasteiger partial charge on any atom is 0.321 e. The van der Waals surface area contributed by atoms with Gasteiger partial charge in [-0.05, 0) is 20.0 Å². The normalized spacial score (nSPS) is 10.3. The smallest absolute Gasteiger partial charge is 0.321 e. The van der Waals surface area contributed by atoms with Gasteiger partial charge in [0.2, 0.25) is 0 Å². The lowest BCUT2D eigenvalue weighted by Crippen LogP contribution is -2.06. The van der Waals surface area contributed by atoms with Crippen LogP contribution in [0.2, 0.25) is 0 Å². The van der Waals surface area contributed by atoms with Gasteiger partial charge in [-0.3, -0.25) is 10.1 Å². The van der Waals surface area contributed by atoms with Crippen LogP contribution in [-0.4, -0.2) is 21.9 Å². The molecule has 7 heteroatoms. The summed E-state index contributed by atoms with van der Waals surface area (Å²) in [6.07, 6.45) is 3.29. The number of nitrogens with one attached hydrogen (secondary N) is 1. The Labute approximate surface area is 115 Å². The lowest BCUT2D eigenvalue weighted by molar-refractivity contribution is -0.385. The molecular weight excluding hydrogens is 260 g/mol. The zero-order chi connectivity index (χ0) is 14.5. The summed E-state index contributed by atoms with van der Waals surface area (Å²) >= 11 is 0. The highest BCUT2D eigenvalue weighted by Gasteiger charge is 2.15. The molecule has 20 heavy (non-hydrogen) atoms. The van der Waals surface area contributed by atoms with Crippen molar-refractivity contribution in [2.24, 2.45) is 0 Å². The fourth-order valence-corrected chi connectivity index (χ4v) is 1.70. The first kappa shape index (κ1) is 13.9. The minimum Gasteiger partial charge on any atom is -0.424 e. The fraction of sp³-hybridized carbons (Fsp3) is 0.231. The van der Waals surface area contributed by atoms with E-state index in [4.69, 9.17) is 4.74 Å². The largest absolute Gasteiger partial charge is 0.424 e. The zero-order valence-corrected chi connectivity index (χ0v) is 11.2. The van der Waals surface area contributed by atoms with E-state index < -0.39 is 4.92 Å². The molecular formula is C13H14N4O3. The molecule has 1 N–H and O–H groups in total. The van der Waals surface area contributed by atoms with Crippen LogP contribution in [0.1, 0.15) is 11.1 Å². The molecule has 0 aliphatic heterocycles. The Morgan fingerprint density at radius 1 is 1.35 bits per heavy atom. The van der Waals surface area contributed by atoms with E-state index in [0.717, 1.165) is 5.56 Å². The molecule has 104 valence electrons. The number of hydrogen-bond donors (Lipinski definition) is 1. The van der Waals surface area contributed by atoms with Crippen molar-refractivity contribution in [3.63, 3.8) is 0 Å². The van der Waals surface area contributed by atoms with Crippen molar-refractivity contribution >= 4 is 5.69 Å². The summed E-state index contributed by atoms with van der Waals surface area (Å²) < 4.78 is 5.49. The summed E-state index contributed by atoms with van der Waals surface area (Å²) in [6, 6.07) is 4.80. The van der Waals surface area contributed by atoms with E-state index >= 15 is 0 Å². The Kier molecular flexibility index (Phi) is 4.21. The number of nitrogens with zero attached hydrogens (tertiary/aromatic N) is 3. The molecule has 0 saturated carbocycles. The van der Waals surface area contributed by atoms with Gasteiger partial charge in [-0.1, -0.05) is 6.07 Å². The zero-order valence-electron chi connectivity index (χ0n) is 11.2. The molecule has 0 atom stereocenters. The number of hydrogen-bond acceptors (Lipinski definition) is 6. The molecule has 2 aromatic rings. The summed E-state index contributed by atoms with van der Waals surface area (Å²) in [5, 5.41) is 13.8. The molecule has 1 heterocycles. The van der Waals surface area contributed by atoms with Crippen LogP contribution in [0.5, 0.6) is 11.8 Å². The van der Waals surface area contributed by atoms with Crippen molar-refractivity contribution in [2.75, 3.05) is 7.05 Å². The van der Waals surface area contributed by atoms with Crippen molar-refractivity contribution in [2.45, 2.75) is 13.5 Å². The Hall–Kier alpha value is -2.54. The van der Waals surface area contributed by atoms with Crippen LogP contribution >= 0.6 is 0 Å². The second-order valence-electron chi connectivity index (χ2n) is 4.16. The molecule has 0 saturated heterocycles. The minimum atomic E-state index is -0.445. The molecule has 0 amide bonds. The maximum atomic E-state index is 10.9. The predicted molar refractivity (Wildman–Crippen MR) is 72.7 cm³/mol. The number of nitro benzene ring substituents is 1. The van der Waals surface area contributed by atoms with E-state index in [0.29, 0.717) is 17.9 Å². The van der Waals surface area contributed by atoms with E-state index in [2.05, 4.69) is 15.3 Å². The van der Waals surface area contributed by atoms with E-state index in [9.17, 15) is 10.1 Å². The first-order valence-corrected chi connectivity index (χ1v) is 5.99. The Bertz CT molecular complexity index is 614. The lowest BCUT2D eigenvalue weighted by Gasteiger charge is -2.07. The molecule has 0 aliphatic carbocycles. The number of aromatic nitrogens is 2. The van der Waals surface area contributed by atoms with E-state index in [1.807, 2.05) is 7.05 Å². The van der Waals surface area contributed by atoms with Gasteiger partial charge in [0.25, 0.3) is 5.69 Å². The third-order valence-electron chi connectivity index (χ3n) is 2.72. The second-order valence-corrected chi connectivity index (χ2v) is 4.16. The van der Waals surface area contributed by atoms with Gasteiger partial charge >= 0.3 is 6.01 Å². The molecule has 0 bridgehead atoms. The highest BCUT2D eigenvalue weighted by atomic mass is 16.6. The van der Waals surface area contributed by atoms with Crippen molar-refractivity contribution < 1.29 is 9.66 Å². The number of nitro groups is 1. The fourth-order valence-electron chi connectivity index (χ4n) is 1.70. The third-order valence-corrected chi connectivity index (χ3v) is 2.72. The molecule has 0 fully saturated rings. The van der Waals surface area contributed by atoms with Crippen molar-refractivity contribution in [1.82, 2.24) is 15.3 Å². The summed E-state index contributed by atoms with van der Waals surface area (Å²) in [4.78, 5) is 18.5. The molecule has 7 nitrogen and oxygen atoms in total. The van der Waals surface area contributed by atoms with Crippen molar-refractivity contribution in [1.29, 1.82) is 0 Å². The van der Waals surface area contributed by atoms with Gasteiger partial charge in [0.05, 0.1) is 10.5 Å². The first-order chi connectivity index (χ1) is 9.61. The molecule has 0 aliphatic rings. The summed E-state index contributed by atoms with van der Waals surface area (Å²) in [7, 11) is 1.83. The molecule has 0 spiro atoms. The minimum absolute atomic E-state index is 0.00861. The molecule has 1 aromatic carbocycles. The Morgan fingerprint density at radius 3 is 2.65 bits per heavy atom. The van der Waals surface area contributed by atoms with Gasteiger partial charge in [-0.25, -0.2) is 9.97 Å². The van der Waals surface area contributed by atoms with Crippen LogP contribution in [0.25, 0.3) is 0 Å². The van der Waals surface area contributed by atoms with Crippen molar-refractivity contribution in [3.8, 4) is 11.8 Å². The molecule has 2 rings (SSSR count). The van der Waals surface area contributed by atoms with E-state index in [-0.39, 0.29) is 11.7 Å². The van der Waals surface area contributed by atoms with Gasteiger partial charge in [0.1, 0.15) is 5.75 Å². The lowest BCUT2D eigenvalue weighted by atomic mass is 10.2. The number of ether oxygens (including phenoxy) is 1. The molecule has 0 unspecified atom stereocenters. The Balaban J connectivity index is 2.21. The summed E-state index contributed by atoms with van der Waals surface area (Å²) in [6.45, 7) is 2.29. The first-order valence-electron chi connectivity index (χ1n) is 5.99. The van der Waals surface area contributed by atoms with E-state index in [1.54, 1.807) is 31.5 Å². The highest BCUT2D eigenvalue weighted by Crippen LogP contribution is 2.29. The van der Waals surface area contributed by atoms with Crippen LogP contribution in [0.4, 0.5) is 5.69 Å². The number of rotatable bonds is 5. The topological polar surface area (TPSA) is 90.2 Å². The van der Waals surface area contributed by atoms with Gasteiger partial charge in [-0.2, -0.15) is 0 Å². The van der Waals surface area contributed by atoms with Crippen LogP contribution in [0.3, 0.4) is 0 Å². The predicted octanol–water partition coefficient (Wildman–Crippen LogP) is 2.20. The molecule has 1 aromatic heterocycles. The van der Waals surface area contributed by atoms with Gasteiger partial charge in [0.15, 0.2) is 0 Å². The second kappa shape index (κ2) is 6.07. The monoisotopic (exact) mass is 274 g/mol. The average Bonchev–Trinajstić information content (AvgIpc) is 2.43. The van der Waals surface area contributed by atoms with Crippen LogP contribution in [-0.2, 0) is 6.54 Å². The summed E-state index contributed by atoms with van der Waals surface area (Å²) in [5.74, 6) is 0.376. The van der Waals surface area contributed by atoms with Crippen molar-refractivity contribution in [3.05, 3.63) is 51.8 Å². The van der Waals surface area contributed by atoms with Gasteiger partial charge < -0.3 is 10.1 Å². The Morgan fingerprint density at radius 2 is 2.05 bits per heavy atom. The summed E-state index contributed by atoms with van der Waals surface area (Å²) in [5.41, 5.74) is 1.38. The molecule has 0 radical (unpaired) electrons. The van der Waals surface area contributed by atoms with E-state index in [1.165, 1.54) is 6.07 Å². The third kappa shape index (κ3) is 3.07. The van der Waals surface area contributed by atoms with Crippen LogP contribution in [0.15, 0.2) is 30.6 Å². The maximum absolute atomic E-state index is 10.9. The number of benzene rings is 1. The van der Waals surface area contributed by atoms with Gasteiger partial charge in [0, 0.05) is 30.6 Å². The standard InChI is InChI=1S/C13H14N4O3/c1-9-11(17(18)19)4-3-5-12(9)20-13-15-7-10(6-14-2)8-16-13/h3-5,7-8,14H,6H2,1-2H3. The van der Waals surface area contributed by atoms with Gasteiger partial charge in [-0.15, -0.1) is 0 Å². The quantitative estimate of drug-likeness (QED) is 0.664. The van der Waals surface area contributed by atoms with Crippen LogP contribution < -0.4 is 10.1 Å². The highest BCUT2D eigenvalue weighted by molar-refractivity contribution is 5.49. The van der Waals surface area contributed by atoms with Crippen LogP contribution in [0, 0.1) is 17.0 Å². The average molecular weight is 274 g/mol. The SMILES string of the molecule is CNCc1cnc(Oc2cccc([N+](=O)[O-])c2C)nc1.